The number of likely N-dealkylation sites (tertiary alicyclic amines) is 1. The largest absolute Gasteiger partial charge is 0.493 e. The number of aryl methyl sites for hydroxylation is 1. The van der Waals surface area contributed by atoms with Crippen molar-refractivity contribution >= 4 is 22.4 Å². The van der Waals surface area contributed by atoms with Crippen LogP contribution in [-0.4, -0.2) is 54.1 Å². The number of nitrogen functional groups attached to an aromatic ring is 1. The van der Waals surface area contributed by atoms with E-state index in [1.165, 1.54) is 13.2 Å². The fourth-order valence-corrected chi connectivity index (χ4v) is 4.44. The molecular weight excluding hydrogens is 497 g/mol. The number of nitrogens with one attached hydrogen (secondary N) is 1. The molecule has 3 N–H and O–H groups in total. The molecule has 200 valence electrons. The van der Waals surface area contributed by atoms with E-state index in [1.807, 2.05) is 0 Å². The maximum atomic E-state index is 13.8. The van der Waals surface area contributed by atoms with Gasteiger partial charge in [0.25, 0.3) is 5.92 Å². The molecule has 1 saturated heterocycles. The molecule has 0 unspecified atom stereocenters. The third-order valence-electron chi connectivity index (χ3n) is 6.32. The molecule has 1 aromatic heterocycles. The van der Waals surface area contributed by atoms with Crippen LogP contribution < -0.4 is 20.5 Å². The third-order valence-corrected chi connectivity index (χ3v) is 6.32. The number of nitrogens with two attached hydrogens (primary N) is 1. The van der Waals surface area contributed by atoms with Crippen molar-refractivity contribution in [3.8, 4) is 11.5 Å². The first kappa shape index (κ1) is 26.6. The van der Waals surface area contributed by atoms with Gasteiger partial charge in [-0.3, -0.25) is 4.90 Å². The normalized spacial score (nSPS) is 18.7. The van der Waals surface area contributed by atoms with Crippen LogP contribution in [0.1, 0.15) is 36.3 Å². The van der Waals surface area contributed by atoms with Crippen LogP contribution in [-0.2, 0) is 6.18 Å². The molecule has 0 aliphatic carbocycles. The maximum absolute atomic E-state index is 13.8. The number of fused-ring (bicyclic) bond motifs is 1. The number of anilines is 2. The lowest BCUT2D eigenvalue weighted by molar-refractivity contribution is -0.137. The highest BCUT2D eigenvalue weighted by atomic mass is 19.4. The van der Waals surface area contributed by atoms with Crippen LogP contribution in [0.5, 0.6) is 11.5 Å². The lowest BCUT2D eigenvalue weighted by atomic mass is 10.0. The second kappa shape index (κ2) is 9.81. The van der Waals surface area contributed by atoms with Gasteiger partial charge in [0.2, 0.25) is 0 Å². The Bertz CT molecular complexity index is 1300. The maximum Gasteiger partial charge on any atom is 0.416 e. The molecule has 2 aromatic carbocycles. The van der Waals surface area contributed by atoms with Crippen LogP contribution in [0, 0.1) is 6.92 Å². The molecule has 2 atom stereocenters. The van der Waals surface area contributed by atoms with E-state index in [9.17, 15) is 22.0 Å². The van der Waals surface area contributed by atoms with Gasteiger partial charge in [0, 0.05) is 29.6 Å². The number of aromatic nitrogens is 2. The molecule has 3 aromatic rings. The second-order valence-corrected chi connectivity index (χ2v) is 9.33. The lowest BCUT2D eigenvalue weighted by Crippen LogP contribution is -2.30. The Morgan fingerprint density at radius 2 is 1.89 bits per heavy atom. The minimum absolute atomic E-state index is 0.00918. The second-order valence-electron chi connectivity index (χ2n) is 9.33. The molecule has 2 heterocycles. The summed E-state index contributed by atoms with van der Waals surface area (Å²) >= 11 is 0. The van der Waals surface area contributed by atoms with E-state index in [0.717, 1.165) is 12.1 Å². The van der Waals surface area contributed by atoms with Gasteiger partial charge in [0.05, 0.1) is 30.8 Å². The predicted molar refractivity (Wildman–Crippen MR) is 130 cm³/mol. The Labute approximate surface area is 210 Å². The average molecular weight is 526 g/mol. The summed E-state index contributed by atoms with van der Waals surface area (Å²) in [6.45, 7) is 3.05. The van der Waals surface area contributed by atoms with Crippen LogP contribution in [0.4, 0.5) is 33.5 Å². The van der Waals surface area contributed by atoms with E-state index in [4.69, 9.17) is 15.2 Å². The molecule has 0 spiro atoms. The van der Waals surface area contributed by atoms with Crippen LogP contribution in [0.2, 0.25) is 0 Å². The smallest absolute Gasteiger partial charge is 0.416 e. The minimum atomic E-state index is -4.54. The molecule has 4 rings (SSSR count). The molecule has 0 radical (unpaired) electrons. The van der Waals surface area contributed by atoms with Crippen molar-refractivity contribution < 1.29 is 31.4 Å². The number of ether oxygens (including phenoxy) is 2. The fourth-order valence-electron chi connectivity index (χ4n) is 4.44. The summed E-state index contributed by atoms with van der Waals surface area (Å²) < 4.78 is 78.8. The number of alkyl halides is 5. The molecule has 0 bridgehead atoms. The molecule has 1 aliphatic rings. The van der Waals surface area contributed by atoms with Gasteiger partial charge in [0.1, 0.15) is 18.2 Å². The first-order valence-electron chi connectivity index (χ1n) is 11.6. The molecular formula is C25H28F5N5O2. The van der Waals surface area contributed by atoms with Crippen LogP contribution in [0.25, 0.3) is 10.9 Å². The van der Waals surface area contributed by atoms with Gasteiger partial charge in [-0.1, -0.05) is 0 Å². The van der Waals surface area contributed by atoms with Crippen molar-refractivity contribution in [2.75, 3.05) is 38.4 Å². The zero-order valence-corrected chi connectivity index (χ0v) is 20.8. The predicted octanol–water partition coefficient (Wildman–Crippen LogP) is 5.44. The van der Waals surface area contributed by atoms with E-state index in [-0.39, 0.29) is 25.3 Å². The zero-order chi connectivity index (χ0) is 27.1. The first-order chi connectivity index (χ1) is 17.3. The number of hydrogen-bond donors (Lipinski definition) is 2. The summed E-state index contributed by atoms with van der Waals surface area (Å²) in [7, 11) is 3.07. The van der Waals surface area contributed by atoms with Gasteiger partial charge >= 0.3 is 6.18 Å². The van der Waals surface area contributed by atoms with Gasteiger partial charge in [-0.2, -0.15) is 13.2 Å². The molecule has 0 saturated carbocycles. The van der Waals surface area contributed by atoms with Crippen molar-refractivity contribution in [2.24, 2.45) is 0 Å². The number of rotatable bonds is 7. The average Bonchev–Trinajstić information content (AvgIpc) is 3.07. The van der Waals surface area contributed by atoms with E-state index < -0.39 is 29.7 Å². The highest BCUT2D eigenvalue weighted by Crippen LogP contribution is 2.38. The van der Waals surface area contributed by atoms with Gasteiger partial charge < -0.3 is 20.5 Å². The Morgan fingerprint density at radius 1 is 1.16 bits per heavy atom. The molecule has 12 heteroatoms. The van der Waals surface area contributed by atoms with Crippen LogP contribution >= 0.6 is 0 Å². The van der Waals surface area contributed by atoms with Gasteiger partial charge in [-0.15, -0.1) is 0 Å². The summed E-state index contributed by atoms with van der Waals surface area (Å²) in [5, 5.41) is 3.68. The van der Waals surface area contributed by atoms with Gasteiger partial charge in [0.15, 0.2) is 11.5 Å². The highest BCUT2D eigenvalue weighted by molar-refractivity contribution is 5.92. The minimum Gasteiger partial charge on any atom is -0.493 e. The molecule has 1 fully saturated rings. The highest BCUT2D eigenvalue weighted by Gasteiger charge is 2.43. The molecule has 37 heavy (non-hydrogen) atoms. The number of nitrogens with zero attached hydrogens (tertiary/aromatic N) is 3. The molecule has 1 aliphatic heterocycles. The van der Waals surface area contributed by atoms with Gasteiger partial charge in [-0.25, -0.2) is 18.7 Å². The third kappa shape index (κ3) is 5.95. The summed E-state index contributed by atoms with van der Waals surface area (Å²) in [5.41, 5.74) is 5.72. The number of methoxy groups -OCH3 is 1. The summed E-state index contributed by atoms with van der Waals surface area (Å²) in [5.74, 6) is -1.31. The Kier molecular flexibility index (Phi) is 7.06. The van der Waals surface area contributed by atoms with E-state index in [1.54, 1.807) is 37.9 Å². The van der Waals surface area contributed by atoms with Gasteiger partial charge in [-0.05, 0) is 50.7 Å². The summed E-state index contributed by atoms with van der Waals surface area (Å²) in [4.78, 5) is 10.4. The SMILES string of the molecule is COc1cc2nc(C)nc(N[C@H](C)c3cc(N)cc(C(F)(F)F)c3)c2cc1OC[C@@H]1CC(F)(F)CN1C. The van der Waals surface area contributed by atoms with E-state index in [0.29, 0.717) is 39.6 Å². The zero-order valence-electron chi connectivity index (χ0n) is 20.8. The Hall–Kier alpha value is -3.41. The Morgan fingerprint density at radius 3 is 2.51 bits per heavy atom. The first-order valence-corrected chi connectivity index (χ1v) is 11.6. The quantitative estimate of drug-likeness (QED) is 0.314. The summed E-state index contributed by atoms with van der Waals surface area (Å²) in [6, 6.07) is 5.59. The van der Waals surface area contributed by atoms with Crippen molar-refractivity contribution in [1.82, 2.24) is 14.9 Å². The number of halogens is 5. The topological polar surface area (TPSA) is 85.5 Å². The Balaban J connectivity index is 1.65. The van der Waals surface area contributed by atoms with E-state index >= 15 is 0 Å². The van der Waals surface area contributed by atoms with Crippen LogP contribution in [0.15, 0.2) is 30.3 Å². The number of hydrogen-bond acceptors (Lipinski definition) is 7. The van der Waals surface area contributed by atoms with E-state index in [2.05, 4.69) is 15.3 Å². The summed E-state index contributed by atoms with van der Waals surface area (Å²) in [6.07, 6.45) is -4.85. The van der Waals surface area contributed by atoms with Crippen molar-refractivity contribution in [3.63, 3.8) is 0 Å². The fraction of sp³-hybridized carbons (Fsp3) is 0.440. The van der Waals surface area contributed by atoms with Crippen molar-refractivity contribution in [3.05, 3.63) is 47.3 Å². The number of benzene rings is 2. The number of likely N-dealkylation sites (N-methyl/N-ethyl adjacent to an activating group) is 1. The monoisotopic (exact) mass is 525 g/mol. The molecule has 0 amide bonds. The van der Waals surface area contributed by atoms with Crippen molar-refractivity contribution in [2.45, 2.75) is 44.5 Å². The lowest BCUT2D eigenvalue weighted by Gasteiger charge is -2.21. The molecule has 7 nitrogen and oxygen atoms in total. The van der Waals surface area contributed by atoms with Crippen molar-refractivity contribution in [1.29, 1.82) is 0 Å². The standard InChI is InChI=1S/C25H28F5N5O2/c1-13(15-5-16(25(28,29)30)7-17(31)6-15)32-23-19-8-22(21(36-4)9-20(19)33-14(2)34-23)37-11-18-10-24(26,27)12-35(18)3/h5-9,13,18H,10-12,31H2,1-4H3,(H,32,33,34)/t13-,18+/m1/s1. The van der Waals surface area contributed by atoms with Crippen LogP contribution in [0.3, 0.4) is 0 Å².